The number of carboxylic acid groups (broad SMARTS) is 1. The van der Waals surface area contributed by atoms with Gasteiger partial charge in [0, 0.05) is 21.9 Å². The van der Waals surface area contributed by atoms with E-state index < -0.39 is 10.9 Å². The molecule has 0 atom stereocenters. The van der Waals surface area contributed by atoms with E-state index in [2.05, 4.69) is 0 Å². The van der Waals surface area contributed by atoms with E-state index in [0.29, 0.717) is 4.90 Å². The van der Waals surface area contributed by atoms with Gasteiger partial charge in [0.05, 0.1) is 10.5 Å². The summed E-state index contributed by atoms with van der Waals surface area (Å²) < 4.78 is 0. The number of nitro groups is 1. The Morgan fingerprint density at radius 3 is 2.40 bits per heavy atom. The second kappa shape index (κ2) is 5.75. The second-order valence-electron chi connectivity index (χ2n) is 4.16. The zero-order valence-electron chi connectivity index (χ0n) is 10.6. The predicted molar refractivity (Wildman–Crippen MR) is 75.4 cm³/mol. The zero-order chi connectivity index (χ0) is 14.7. The normalized spacial score (nSPS) is 10.2. The molecule has 20 heavy (non-hydrogen) atoms. The third-order valence-electron chi connectivity index (χ3n) is 2.66. The highest BCUT2D eigenvalue weighted by atomic mass is 32.2. The largest absolute Gasteiger partial charge is 0.478 e. The molecule has 0 heterocycles. The molecule has 1 N–H and O–H groups in total. The summed E-state index contributed by atoms with van der Waals surface area (Å²) in [5, 5.41) is 19.9. The van der Waals surface area contributed by atoms with Crippen molar-refractivity contribution in [2.24, 2.45) is 0 Å². The van der Waals surface area contributed by atoms with Crippen molar-refractivity contribution >= 4 is 23.4 Å². The van der Waals surface area contributed by atoms with Gasteiger partial charge in [-0.05, 0) is 25.1 Å². The molecule has 0 aliphatic rings. The van der Waals surface area contributed by atoms with Gasteiger partial charge < -0.3 is 5.11 Å². The molecule has 0 aliphatic carbocycles. The molecule has 0 fully saturated rings. The molecule has 0 saturated carbocycles. The Labute approximate surface area is 119 Å². The van der Waals surface area contributed by atoms with Crippen molar-refractivity contribution in [3.8, 4) is 0 Å². The highest BCUT2D eigenvalue weighted by molar-refractivity contribution is 7.99. The van der Waals surface area contributed by atoms with Gasteiger partial charge in [-0.3, -0.25) is 10.1 Å². The van der Waals surface area contributed by atoms with Gasteiger partial charge in [-0.1, -0.05) is 29.5 Å². The van der Waals surface area contributed by atoms with Gasteiger partial charge in [0.1, 0.15) is 0 Å². The van der Waals surface area contributed by atoms with Crippen LogP contribution in [0, 0.1) is 17.0 Å². The molecular weight excluding hydrogens is 278 g/mol. The first-order valence-corrected chi connectivity index (χ1v) is 6.55. The first kappa shape index (κ1) is 14.1. The van der Waals surface area contributed by atoms with Gasteiger partial charge >= 0.3 is 5.97 Å². The maximum atomic E-state index is 11.2. The van der Waals surface area contributed by atoms with E-state index in [4.69, 9.17) is 5.11 Å². The van der Waals surface area contributed by atoms with Crippen molar-refractivity contribution in [3.63, 3.8) is 0 Å². The first-order valence-electron chi connectivity index (χ1n) is 5.73. The summed E-state index contributed by atoms with van der Waals surface area (Å²) >= 11 is 1.20. The van der Waals surface area contributed by atoms with E-state index in [9.17, 15) is 14.9 Å². The highest BCUT2D eigenvalue weighted by Crippen LogP contribution is 2.33. The number of carbonyl (C=O) groups is 1. The lowest BCUT2D eigenvalue weighted by molar-refractivity contribution is -0.385. The number of rotatable bonds is 4. The summed E-state index contributed by atoms with van der Waals surface area (Å²) in [4.78, 5) is 22.6. The fourth-order valence-electron chi connectivity index (χ4n) is 1.62. The Kier molecular flexibility index (Phi) is 4.05. The van der Waals surface area contributed by atoms with E-state index in [1.54, 1.807) is 0 Å². The average molecular weight is 289 g/mol. The minimum atomic E-state index is -1.10. The topological polar surface area (TPSA) is 80.4 Å². The molecule has 0 radical (unpaired) electrons. The van der Waals surface area contributed by atoms with Crippen LogP contribution in [0.1, 0.15) is 15.9 Å². The number of aromatic carboxylic acids is 1. The van der Waals surface area contributed by atoms with Gasteiger partial charge in [-0.2, -0.15) is 0 Å². The molecule has 2 rings (SSSR count). The Morgan fingerprint density at radius 1 is 1.20 bits per heavy atom. The Balaban J connectivity index is 2.41. The van der Waals surface area contributed by atoms with Crippen molar-refractivity contribution in [2.75, 3.05) is 0 Å². The minimum Gasteiger partial charge on any atom is -0.478 e. The summed E-state index contributed by atoms with van der Waals surface area (Å²) in [7, 11) is 0. The second-order valence-corrected chi connectivity index (χ2v) is 5.27. The van der Waals surface area contributed by atoms with Gasteiger partial charge in [0.25, 0.3) is 5.69 Å². The molecular formula is C14H11NO4S. The Hall–Kier alpha value is -2.34. The number of benzene rings is 2. The lowest BCUT2D eigenvalue weighted by Crippen LogP contribution is -2.00. The van der Waals surface area contributed by atoms with Crippen LogP contribution in [-0.2, 0) is 0 Å². The summed E-state index contributed by atoms with van der Waals surface area (Å²) in [6.07, 6.45) is 0. The Bertz CT molecular complexity index is 667. The number of nitro benzene ring substituents is 1. The molecule has 0 unspecified atom stereocenters. The fourth-order valence-corrected chi connectivity index (χ4v) is 2.59. The molecule has 0 aliphatic heterocycles. The molecule has 2 aromatic carbocycles. The van der Waals surface area contributed by atoms with Crippen LogP contribution in [0.3, 0.4) is 0 Å². The molecule has 2 aromatic rings. The van der Waals surface area contributed by atoms with Crippen molar-refractivity contribution < 1.29 is 14.8 Å². The highest BCUT2D eigenvalue weighted by Gasteiger charge is 2.16. The number of hydrogen-bond acceptors (Lipinski definition) is 4. The number of carboxylic acids is 1. The molecule has 0 spiro atoms. The van der Waals surface area contributed by atoms with Crippen LogP contribution < -0.4 is 0 Å². The molecule has 0 amide bonds. The van der Waals surface area contributed by atoms with Gasteiger partial charge in [0.2, 0.25) is 0 Å². The van der Waals surface area contributed by atoms with Crippen molar-refractivity contribution in [1.82, 2.24) is 0 Å². The number of non-ortho nitro benzene ring substituents is 1. The smallest absolute Gasteiger partial charge is 0.336 e. The van der Waals surface area contributed by atoms with Gasteiger partial charge in [-0.15, -0.1) is 0 Å². The molecule has 6 heteroatoms. The van der Waals surface area contributed by atoms with Gasteiger partial charge in [0.15, 0.2) is 0 Å². The lowest BCUT2D eigenvalue weighted by atomic mass is 10.2. The van der Waals surface area contributed by atoms with Crippen LogP contribution in [0.5, 0.6) is 0 Å². The lowest BCUT2D eigenvalue weighted by Gasteiger charge is -2.06. The quantitative estimate of drug-likeness (QED) is 0.684. The third kappa shape index (κ3) is 3.16. The SMILES string of the molecule is Cc1ccc(Sc2cc([N+](=O)[O-])ccc2C(=O)O)cc1. The van der Waals surface area contributed by atoms with Crippen LogP contribution in [0.4, 0.5) is 5.69 Å². The van der Waals surface area contributed by atoms with E-state index in [0.717, 1.165) is 10.5 Å². The van der Waals surface area contributed by atoms with Crippen molar-refractivity contribution in [3.05, 3.63) is 63.7 Å². The maximum absolute atomic E-state index is 11.2. The number of aryl methyl sites for hydroxylation is 1. The van der Waals surface area contributed by atoms with Crippen LogP contribution in [0.2, 0.25) is 0 Å². The monoisotopic (exact) mass is 289 g/mol. The van der Waals surface area contributed by atoms with Crippen LogP contribution in [0.25, 0.3) is 0 Å². The summed E-state index contributed by atoms with van der Waals surface area (Å²) in [6.45, 7) is 1.95. The molecule has 0 aromatic heterocycles. The third-order valence-corrected chi connectivity index (χ3v) is 3.72. The molecule has 102 valence electrons. The molecule has 0 saturated heterocycles. The first-order chi connectivity index (χ1) is 9.47. The summed E-state index contributed by atoms with van der Waals surface area (Å²) in [6, 6.07) is 11.3. The molecule has 5 nitrogen and oxygen atoms in total. The van der Waals surface area contributed by atoms with Crippen LogP contribution in [-0.4, -0.2) is 16.0 Å². The van der Waals surface area contributed by atoms with Crippen LogP contribution >= 0.6 is 11.8 Å². The van der Waals surface area contributed by atoms with E-state index >= 15 is 0 Å². The Morgan fingerprint density at radius 2 is 1.85 bits per heavy atom. The van der Waals surface area contributed by atoms with E-state index in [1.807, 2.05) is 31.2 Å². The summed E-state index contributed by atoms with van der Waals surface area (Å²) in [5.41, 5.74) is 1.03. The van der Waals surface area contributed by atoms with Crippen molar-refractivity contribution in [2.45, 2.75) is 16.7 Å². The zero-order valence-corrected chi connectivity index (χ0v) is 11.4. The average Bonchev–Trinajstić information content (AvgIpc) is 2.41. The van der Waals surface area contributed by atoms with Crippen molar-refractivity contribution in [1.29, 1.82) is 0 Å². The van der Waals surface area contributed by atoms with E-state index in [1.165, 1.54) is 30.0 Å². The number of nitrogens with zero attached hydrogens (tertiary/aromatic N) is 1. The predicted octanol–water partition coefficient (Wildman–Crippen LogP) is 3.75. The van der Waals surface area contributed by atoms with Gasteiger partial charge in [-0.25, -0.2) is 4.79 Å². The number of hydrogen-bond donors (Lipinski definition) is 1. The standard InChI is InChI=1S/C14H11NO4S/c1-9-2-5-11(6-3-9)20-13-8-10(15(18)19)4-7-12(13)14(16)17/h2-8H,1H3,(H,16,17). The fraction of sp³-hybridized carbons (Fsp3) is 0.0714. The van der Waals surface area contributed by atoms with E-state index in [-0.39, 0.29) is 11.3 Å². The summed E-state index contributed by atoms with van der Waals surface area (Å²) in [5.74, 6) is -1.10. The minimum absolute atomic E-state index is 0.0566. The maximum Gasteiger partial charge on any atom is 0.336 e. The van der Waals surface area contributed by atoms with Crippen LogP contribution in [0.15, 0.2) is 52.3 Å². The molecule has 0 bridgehead atoms.